The van der Waals surface area contributed by atoms with E-state index in [0.717, 1.165) is 23.7 Å². The molecule has 0 aliphatic carbocycles. The number of nitrogens with zero attached hydrogens (tertiary/aromatic N) is 2. The van der Waals surface area contributed by atoms with E-state index in [4.69, 9.17) is 11.6 Å². The minimum atomic E-state index is 0.549. The Morgan fingerprint density at radius 2 is 2.07 bits per heavy atom. The van der Waals surface area contributed by atoms with Crippen molar-refractivity contribution in [1.29, 1.82) is 0 Å². The summed E-state index contributed by atoms with van der Waals surface area (Å²) in [6.45, 7) is 6.45. The first kappa shape index (κ1) is 13.0. The van der Waals surface area contributed by atoms with Gasteiger partial charge in [-0.1, -0.05) is 41.4 Å². The van der Waals surface area contributed by atoms with E-state index in [1.807, 2.05) is 14.0 Å². The van der Waals surface area contributed by atoms with E-state index in [2.05, 4.69) is 34.9 Å². The SMILES string of the molecule is Cc1nn(C)c(Cl)c1CCC(Br)C(C)C. The van der Waals surface area contributed by atoms with Crippen LogP contribution in [0.2, 0.25) is 5.15 Å². The fraction of sp³-hybridized carbons (Fsp3) is 0.727. The van der Waals surface area contributed by atoms with Crippen LogP contribution in [0.4, 0.5) is 0 Å². The molecular weight excluding hydrogens is 275 g/mol. The van der Waals surface area contributed by atoms with Gasteiger partial charge in [-0.15, -0.1) is 0 Å². The highest BCUT2D eigenvalue weighted by atomic mass is 79.9. The third-order valence-electron chi connectivity index (χ3n) is 2.66. The normalized spacial score (nSPS) is 13.5. The Kier molecular flexibility index (Phi) is 4.65. The summed E-state index contributed by atoms with van der Waals surface area (Å²) in [6, 6.07) is 0. The van der Waals surface area contributed by atoms with E-state index >= 15 is 0 Å². The number of halogens is 2. The van der Waals surface area contributed by atoms with Gasteiger partial charge in [0, 0.05) is 17.4 Å². The third kappa shape index (κ3) is 3.22. The second kappa shape index (κ2) is 5.35. The molecule has 4 heteroatoms. The van der Waals surface area contributed by atoms with Gasteiger partial charge in [0.25, 0.3) is 0 Å². The number of alkyl halides is 1. The highest BCUT2D eigenvalue weighted by Gasteiger charge is 2.14. The van der Waals surface area contributed by atoms with E-state index in [1.54, 1.807) is 4.68 Å². The molecule has 0 aliphatic heterocycles. The van der Waals surface area contributed by atoms with Crippen molar-refractivity contribution in [3.8, 4) is 0 Å². The van der Waals surface area contributed by atoms with Crippen molar-refractivity contribution in [3.63, 3.8) is 0 Å². The molecule has 1 unspecified atom stereocenters. The van der Waals surface area contributed by atoms with Crippen molar-refractivity contribution >= 4 is 27.5 Å². The topological polar surface area (TPSA) is 17.8 Å². The van der Waals surface area contributed by atoms with Crippen LogP contribution in [0, 0.1) is 12.8 Å². The van der Waals surface area contributed by atoms with Crippen LogP contribution in [0.15, 0.2) is 0 Å². The van der Waals surface area contributed by atoms with E-state index in [9.17, 15) is 0 Å². The molecule has 1 aromatic heterocycles. The first-order valence-electron chi connectivity index (χ1n) is 5.25. The molecule has 0 saturated carbocycles. The summed E-state index contributed by atoms with van der Waals surface area (Å²) in [5.74, 6) is 0.653. The van der Waals surface area contributed by atoms with Crippen molar-refractivity contribution in [2.24, 2.45) is 13.0 Å². The average Bonchev–Trinajstić information content (AvgIpc) is 2.38. The second-order valence-electron chi connectivity index (χ2n) is 4.28. The highest BCUT2D eigenvalue weighted by Crippen LogP contribution is 2.24. The molecule has 15 heavy (non-hydrogen) atoms. The number of hydrogen-bond acceptors (Lipinski definition) is 1. The van der Waals surface area contributed by atoms with Crippen molar-refractivity contribution in [3.05, 3.63) is 16.4 Å². The van der Waals surface area contributed by atoms with Gasteiger partial charge in [0.05, 0.1) is 5.69 Å². The van der Waals surface area contributed by atoms with Crippen LogP contribution in [0.1, 0.15) is 31.5 Å². The van der Waals surface area contributed by atoms with Gasteiger partial charge < -0.3 is 0 Å². The molecule has 0 fully saturated rings. The summed E-state index contributed by atoms with van der Waals surface area (Å²) in [5, 5.41) is 5.08. The Bertz CT molecular complexity index is 334. The quantitative estimate of drug-likeness (QED) is 0.773. The maximum Gasteiger partial charge on any atom is 0.130 e. The van der Waals surface area contributed by atoms with Crippen molar-refractivity contribution in [1.82, 2.24) is 9.78 Å². The number of aryl methyl sites for hydroxylation is 2. The molecule has 1 rings (SSSR count). The molecule has 0 spiro atoms. The summed E-state index contributed by atoms with van der Waals surface area (Å²) < 4.78 is 1.74. The standard InChI is InChI=1S/C11H18BrClN2/c1-7(2)10(12)6-5-9-8(3)14-15(4)11(9)13/h7,10H,5-6H2,1-4H3. The van der Waals surface area contributed by atoms with E-state index in [0.29, 0.717) is 10.7 Å². The molecule has 2 nitrogen and oxygen atoms in total. The monoisotopic (exact) mass is 292 g/mol. The Morgan fingerprint density at radius 3 is 2.47 bits per heavy atom. The van der Waals surface area contributed by atoms with Gasteiger partial charge in [-0.3, -0.25) is 4.68 Å². The number of rotatable bonds is 4. The summed E-state index contributed by atoms with van der Waals surface area (Å²) in [4.78, 5) is 0.549. The predicted octanol–water partition coefficient (Wildman–Crippen LogP) is 3.73. The summed E-state index contributed by atoms with van der Waals surface area (Å²) in [6.07, 6.45) is 2.09. The molecule has 0 N–H and O–H groups in total. The summed E-state index contributed by atoms with van der Waals surface area (Å²) >= 11 is 9.85. The lowest BCUT2D eigenvalue weighted by Crippen LogP contribution is -2.08. The molecule has 1 heterocycles. The lowest BCUT2D eigenvalue weighted by atomic mass is 10.0. The molecule has 0 aliphatic rings. The van der Waals surface area contributed by atoms with Crippen LogP contribution in [-0.2, 0) is 13.5 Å². The smallest absolute Gasteiger partial charge is 0.130 e. The molecule has 86 valence electrons. The molecular formula is C11H18BrClN2. The van der Waals surface area contributed by atoms with Crippen LogP contribution >= 0.6 is 27.5 Å². The van der Waals surface area contributed by atoms with E-state index in [1.165, 1.54) is 5.56 Å². The van der Waals surface area contributed by atoms with Crippen LogP contribution in [0.3, 0.4) is 0 Å². The maximum absolute atomic E-state index is 6.16. The van der Waals surface area contributed by atoms with Crippen molar-refractivity contribution in [2.75, 3.05) is 0 Å². The molecule has 1 atom stereocenters. The number of hydrogen-bond donors (Lipinski definition) is 0. The highest BCUT2D eigenvalue weighted by molar-refractivity contribution is 9.09. The molecule has 0 aromatic carbocycles. The first-order valence-corrected chi connectivity index (χ1v) is 6.55. The maximum atomic E-state index is 6.16. The Labute approximate surface area is 105 Å². The van der Waals surface area contributed by atoms with Crippen LogP contribution in [-0.4, -0.2) is 14.6 Å². The molecule has 0 radical (unpaired) electrons. The Balaban J connectivity index is 2.65. The van der Waals surface area contributed by atoms with Crippen LogP contribution in [0.25, 0.3) is 0 Å². The molecule has 0 saturated heterocycles. The van der Waals surface area contributed by atoms with Gasteiger partial charge in [0.1, 0.15) is 5.15 Å². The average molecular weight is 294 g/mol. The van der Waals surface area contributed by atoms with Crippen molar-refractivity contribution < 1.29 is 0 Å². The minimum absolute atomic E-state index is 0.549. The van der Waals surface area contributed by atoms with Crippen LogP contribution in [0.5, 0.6) is 0 Å². The lowest BCUT2D eigenvalue weighted by Gasteiger charge is -2.12. The van der Waals surface area contributed by atoms with Gasteiger partial charge in [-0.25, -0.2) is 0 Å². The van der Waals surface area contributed by atoms with Gasteiger partial charge in [-0.05, 0) is 25.7 Å². The molecule has 0 bridgehead atoms. The zero-order chi connectivity index (χ0) is 11.6. The summed E-state index contributed by atoms with van der Waals surface area (Å²) in [5.41, 5.74) is 2.23. The fourth-order valence-corrected chi connectivity index (χ4v) is 2.07. The molecule has 0 amide bonds. The van der Waals surface area contributed by atoms with Gasteiger partial charge in [0.2, 0.25) is 0 Å². The van der Waals surface area contributed by atoms with Gasteiger partial charge >= 0.3 is 0 Å². The fourth-order valence-electron chi connectivity index (χ4n) is 1.57. The Morgan fingerprint density at radius 1 is 1.47 bits per heavy atom. The first-order chi connectivity index (χ1) is 6.93. The third-order valence-corrected chi connectivity index (χ3v) is 4.65. The minimum Gasteiger partial charge on any atom is -0.257 e. The van der Waals surface area contributed by atoms with Crippen LogP contribution < -0.4 is 0 Å². The second-order valence-corrected chi connectivity index (χ2v) is 5.81. The number of aromatic nitrogens is 2. The largest absolute Gasteiger partial charge is 0.257 e. The van der Waals surface area contributed by atoms with Gasteiger partial charge in [0.15, 0.2) is 0 Å². The van der Waals surface area contributed by atoms with E-state index < -0.39 is 0 Å². The zero-order valence-electron chi connectivity index (χ0n) is 9.72. The predicted molar refractivity (Wildman–Crippen MR) is 68.8 cm³/mol. The Hall–Kier alpha value is -0.0200. The molecule has 1 aromatic rings. The van der Waals surface area contributed by atoms with E-state index in [-0.39, 0.29) is 0 Å². The summed E-state index contributed by atoms with van der Waals surface area (Å²) in [7, 11) is 1.88. The zero-order valence-corrected chi connectivity index (χ0v) is 12.1. The van der Waals surface area contributed by atoms with Crippen molar-refractivity contribution in [2.45, 2.75) is 38.4 Å². The lowest BCUT2D eigenvalue weighted by molar-refractivity contribution is 0.581. The van der Waals surface area contributed by atoms with Gasteiger partial charge in [-0.2, -0.15) is 5.10 Å².